The topological polar surface area (TPSA) is 72.5 Å². The highest BCUT2D eigenvalue weighted by Crippen LogP contribution is 2.25. The minimum absolute atomic E-state index is 0.0651. The molecule has 0 aliphatic rings. The number of anilines is 1. The molecule has 0 heterocycles. The van der Waals surface area contributed by atoms with E-state index in [1.165, 1.54) is 18.9 Å². The van der Waals surface area contributed by atoms with Crippen molar-refractivity contribution >= 4 is 23.4 Å². The van der Waals surface area contributed by atoms with Gasteiger partial charge in [0.2, 0.25) is 0 Å². The van der Waals surface area contributed by atoms with Crippen molar-refractivity contribution in [3.63, 3.8) is 0 Å². The van der Waals surface area contributed by atoms with Crippen molar-refractivity contribution in [3.8, 4) is 0 Å². The van der Waals surface area contributed by atoms with Gasteiger partial charge in [-0.3, -0.25) is 0 Å². The van der Waals surface area contributed by atoms with Gasteiger partial charge >= 0.3 is 5.97 Å². The van der Waals surface area contributed by atoms with Crippen LogP contribution in [0.1, 0.15) is 10.4 Å². The Morgan fingerprint density at radius 3 is 2.93 bits per heavy atom. The summed E-state index contributed by atoms with van der Waals surface area (Å²) in [4.78, 5) is 12.2. The lowest BCUT2D eigenvalue weighted by atomic mass is 10.2. The second-order valence-corrected chi connectivity index (χ2v) is 3.96. The summed E-state index contributed by atoms with van der Waals surface area (Å²) in [6, 6.07) is 5.04. The molecule has 0 saturated carbocycles. The molecule has 0 saturated heterocycles. The number of methoxy groups -OCH3 is 1. The lowest BCUT2D eigenvalue weighted by Crippen LogP contribution is -2.04. The molecule has 0 bridgehead atoms. The summed E-state index contributed by atoms with van der Waals surface area (Å²) in [6.07, 6.45) is 0. The molecule has 3 N–H and O–H groups in total. The van der Waals surface area contributed by atoms with Crippen molar-refractivity contribution in [2.45, 2.75) is 4.90 Å². The molecule has 0 amide bonds. The third-order valence-corrected chi connectivity index (χ3v) is 2.81. The Bertz CT molecular complexity index is 355. The van der Waals surface area contributed by atoms with Gasteiger partial charge in [0.15, 0.2) is 0 Å². The van der Waals surface area contributed by atoms with E-state index in [9.17, 15) is 4.79 Å². The van der Waals surface area contributed by atoms with Crippen LogP contribution in [-0.4, -0.2) is 30.5 Å². The Morgan fingerprint density at radius 1 is 1.60 bits per heavy atom. The molecule has 15 heavy (non-hydrogen) atoms. The second-order valence-electron chi connectivity index (χ2n) is 2.82. The van der Waals surface area contributed by atoms with Crippen LogP contribution in [0.2, 0.25) is 0 Å². The molecule has 4 nitrogen and oxygen atoms in total. The third kappa shape index (κ3) is 3.14. The minimum Gasteiger partial charge on any atom is -0.465 e. The van der Waals surface area contributed by atoms with Gasteiger partial charge in [-0.1, -0.05) is 0 Å². The smallest absolute Gasteiger partial charge is 0.339 e. The number of benzene rings is 1. The summed E-state index contributed by atoms with van der Waals surface area (Å²) in [5, 5.41) is 8.71. The number of nitrogens with two attached hydrogens (primary N) is 1. The Morgan fingerprint density at radius 2 is 2.33 bits per heavy atom. The van der Waals surface area contributed by atoms with Gasteiger partial charge in [0.05, 0.1) is 19.3 Å². The van der Waals surface area contributed by atoms with Crippen molar-refractivity contribution in [2.24, 2.45) is 0 Å². The Labute approximate surface area is 92.4 Å². The van der Waals surface area contributed by atoms with E-state index in [2.05, 4.69) is 4.74 Å². The maximum Gasteiger partial charge on any atom is 0.339 e. The van der Waals surface area contributed by atoms with Gasteiger partial charge < -0.3 is 15.6 Å². The van der Waals surface area contributed by atoms with Crippen molar-refractivity contribution in [2.75, 3.05) is 25.2 Å². The van der Waals surface area contributed by atoms with E-state index in [0.717, 1.165) is 4.90 Å². The fraction of sp³-hybridized carbons (Fsp3) is 0.300. The fourth-order valence-electron chi connectivity index (χ4n) is 1.10. The number of thioether (sulfide) groups is 1. The highest BCUT2D eigenvalue weighted by molar-refractivity contribution is 7.99. The Kier molecular flexibility index (Phi) is 4.45. The highest BCUT2D eigenvalue weighted by atomic mass is 32.2. The normalized spacial score (nSPS) is 10.0. The molecule has 0 fully saturated rings. The first-order valence-corrected chi connectivity index (χ1v) is 5.39. The summed E-state index contributed by atoms with van der Waals surface area (Å²) < 4.78 is 4.64. The molecule has 0 aliphatic carbocycles. The number of carbonyl (C=O) groups excluding carboxylic acids is 1. The summed E-state index contributed by atoms with van der Waals surface area (Å²) >= 11 is 1.39. The van der Waals surface area contributed by atoms with Crippen LogP contribution in [0.4, 0.5) is 5.69 Å². The lowest BCUT2D eigenvalue weighted by Gasteiger charge is -2.07. The number of aliphatic hydroxyl groups excluding tert-OH is 1. The van der Waals surface area contributed by atoms with Crippen LogP contribution < -0.4 is 5.73 Å². The standard InChI is InChI=1S/C10H13NO3S/c1-14-10(13)8-6-7(11)2-3-9(8)15-5-4-12/h2-3,6,12H,4-5,11H2,1H3. The average Bonchev–Trinajstić information content (AvgIpc) is 2.26. The maximum atomic E-state index is 11.4. The maximum absolute atomic E-state index is 11.4. The van der Waals surface area contributed by atoms with Gasteiger partial charge in [0.25, 0.3) is 0 Å². The van der Waals surface area contributed by atoms with E-state index in [0.29, 0.717) is 17.0 Å². The summed E-state index contributed by atoms with van der Waals surface area (Å²) in [7, 11) is 1.33. The molecule has 0 unspecified atom stereocenters. The highest BCUT2D eigenvalue weighted by Gasteiger charge is 2.12. The summed E-state index contributed by atoms with van der Waals surface area (Å²) in [5.74, 6) is 0.121. The molecular formula is C10H13NO3S. The average molecular weight is 227 g/mol. The van der Waals surface area contributed by atoms with E-state index in [1.807, 2.05) is 0 Å². The van der Waals surface area contributed by atoms with E-state index in [4.69, 9.17) is 10.8 Å². The molecule has 1 aromatic carbocycles. The molecule has 0 aromatic heterocycles. The van der Waals surface area contributed by atoms with Crippen LogP contribution in [0.5, 0.6) is 0 Å². The molecule has 0 spiro atoms. The zero-order valence-electron chi connectivity index (χ0n) is 8.40. The van der Waals surface area contributed by atoms with E-state index >= 15 is 0 Å². The number of ether oxygens (including phenoxy) is 1. The first-order valence-electron chi connectivity index (χ1n) is 4.40. The fourth-order valence-corrected chi connectivity index (χ4v) is 1.87. The lowest BCUT2D eigenvalue weighted by molar-refractivity contribution is 0.0597. The number of rotatable bonds is 4. The minimum atomic E-state index is -0.414. The zero-order chi connectivity index (χ0) is 11.3. The van der Waals surface area contributed by atoms with Gasteiger partial charge in [-0.2, -0.15) is 0 Å². The largest absolute Gasteiger partial charge is 0.465 e. The van der Waals surface area contributed by atoms with Gasteiger partial charge in [-0.25, -0.2) is 4.79 Å². The summed E-state index contributed by atoms with van der Waals surface area (Å²) in [5.41, 5.74) is 6.54. The van der Waals surface area contributed by atoms with E-state index in [-0.39, 0.29) is 6.61 Å². The van der Waals surface area contributed by atoms with E-state index in [1.54, 1.807) is 18.2 Å². The van der Waals surface area contributed by atoms with Gasteiger partial charge in [-0.05, 0) is 18.2 Å². The molecule has 1 rings (SSSR count). The van der Waals surface area contributed by atoms with Crippen LogP contribution >= 0.6 is 11.8 Å². The zero-order valence-corrected chi connectivity index (χ0v) is 9.21. The van der Waals surface area contributed by atoms with Crippen LogP contribution in [-0.2, 0) is 4.74 Å². The second kappa shape index (κ2) is 5.63. The van der Waals surface area contributed by atoms with Crippen LogP contribution in [0.15, 0.2) is 23.1 Å². The number of hydrogen-bond acceptors (Lipinski definition) is 5. The first-order chi connectivity index (χ1) is 7.19. The van der Waals surface area contributed by atoms with E-state index < -0.39 is 5.97 Å². The van der Waals surface area contributed by atoms with Crippen molar-refractivity contribution in [1.29, 1.82) is 0 Å². The molecule has 0 radical (unpaired) electrons. The van der Waals surface area contributed by atoms with Crippen molar-refractivity contribution in [1.82, 2.24) is 0 Å². The van der Waals surface area contributed by atoms with Gasteiger partial charge in [-0.15, -0.1) is 11.8 Å². The molecule has 0 atom stereocenters. The first kappa shape index (κ1) is 11.9. The van der Waals surface area contributed by atoms with Crippen LogP contribution in [0, 0.1) is 0 Å². The summed E-state index contributed by atoms with van der Waals surface area (Å²) in [6.45, 7) is 0.0651. The Hall–Kier alpha value is -1.20. The van der Waals surface area contributed by atoms with Crippen molar-refractivity contribution in [3.05, 3.63) is 23.8 Å². The van der Waals surface area contributed by atoms with Crippen molar-refractivity contribution < 1.29 is 14.6 Å². The molecule has 1 aromatic rings. The predicted octanol–water partition coefficient (Wildman–Crippen LogP) is 1.14. The third-order valence-electron chi connectivity index (χ3n) is 1.76. The number of esters is 1. The SMILES string of the molecule is COC(=O)c1cc(N)ccc1SCCO. The Balaban J connectivity index is 2.97. The van der Waals surface area contributed by atoms with Gasteiger partial charge in [0.1, 0.15) is 0 Å². The van der Waals surface area contributed by atoms with Gasteiger partial charge in [0, 0.05) is 16.3 Å². The molecule has 0 aliphatic heterocycles. The monoisotopic (exact) mass is 227 g/mol. The number of aliphatic hydroxyl groups is 1. The number of nitrogen functional groups attached to an aromatic ring is 1. The predicted molar refractivity (Wildman–Crippen MR) is 60.0 cm³/mol. The van der Waals surface area contributed by atoms with Crippen LogP contribution in [0.3, 0.4) is 0 Å². The number of hydrogen-bond donors (Lipinski definition) is 2. The molecule has 5 heteroatoms. The quantitative estimate of drug-likeness (QED) is 0.458. The number of carbonyl (C=O) groups is 1. The molecular weight excluding hydrogens is 214 g/mol. The van der Waals surface area contributed by atoms with Crippen LogP contribution in [0.25, 0.3) is 0 Å². The molecule has 82 valence electrons.